The summed E-state index contributed by atoms with van der Waals surface area (Å²) in [5.41, 5.74) is 1.07. The number of nitrogens with zero attached hydrogens (tertiary/aromatic N) is 3. The number of aromatic nitrogens is 3. The Morgan fingerprint density at radius 3 is 2.71 bits per heavy atom. The van der Waals surface area contributed by atoms with Gasteiger partial charge in [-0.2, -0.15) is 0 Å². The van der Waals surface area contributed by atoms with Crippen molar-refractivity contribution in [3.63, 3.8) is 0 Å². The van der Waals surface area contributed by atoms with Crippen LogP contribution in [0.15, 0.2) is 4.60 Å². The van der Waals surface area contributed by atoms with Gasteiger partial charge >= 0.3 is 0 Å². The van der Waals surface area contributed by atoms with Crippen LogP contribution in [0.25, 0.3) is 0 Å². The van der Waals surface area contributed by atoms with Crippen molar-refractivity contribution in [1.29, 1.82) is 0 Å². The highest BCUT2D eigenvalue weighted by molar-refractivity contribution is 9.10. The van der Waals surface area contributed by atoms with E-state index in [2.05, 4.69) is 45.4 Å². The van der Waals surface area contributed by atoms with Crippen LogP contribution in [0.3, 0.4) is 0 Å². The number of hydrogen-bond donors (Lipinski definition) is 1. The van der Waals surface area contributed by atoms with Gasteiger partial charge in [0.1, 0.15) is 0 Å². The lowest BCUT2D eigenvalue weighted by atomic mass is 10.1. The Morgan fingerprint density at radius 1 is 1.53 bits per heavy atom. The molecule has 17 heavy (non-hydrogen) atoms. The van der Waals surface area contributed by atoms with Crippen LogP contribution in [-0.4, -0.2) is 34.8 Å². The quantitative estimate of drug-likeness (QED) is 0.837. The maximum Gasteiger partial charge on any atom is 0.153 e. The molecule has 1 aromatic rings. The Bertz CT molecular complexity index is 323. The highest BCUT2D eigenvalue weighted by Gasteiger charge is 2.21. The lowest BCUT2D eigenvalue weighted by Crippen LogP contribution is -2.28. The molecule has 1 heterocycles. The maximum atomic E-state index is 5.33. The van der Waals surface area contributed by atoms with E-state index in [1.807, 2.05) is 7.05 Å². The van der Waals surface area contributed by atoms with Crippen molar-refractivity contribution in [3.8, 4) is 0 Å². The predicted octanol–water partition coefficient (Wildman–Crippen LogP) is 2.04. The predicted molar refractivity (Wildman–Crippen MR) is 70.8 cm³/mol. The first-order valence-corrected chi connectivity index (χ1v) is 6.70. The van der Waals surface area contributed by atoms with Crippen molar-refractivity contribution >= 4 is 15.9 Å². The molecule has 0 aliphatic carbocycles. The van der Waals surface area contributed by atoms with Gasteiger partial charge in [0, 0.05) is 14.2 Å². The summed E-state index contributed by atoms with van der Waals surface area (Å²) in [6.07, 6.45) is 2.20. The number of rotatable bonds is 7. The van der Waals surface area contributed by atoms with Crippen molar-refractivity contribution in [1.82, 2.24) is 20.3 Å². The molecule has 0 aliphatic rings. The number of halogens is 1. The standard InChI is InChI=1S/C11H21BrN4O/c1-5-6-13-9(7-8(2)17-4)10-11(12)14-15-16(10)3/h8-9,13H,5-7H2,1-4H3. The molecule has 5 nitrogen and oxygen atoms in total. The topological polar surface area (TPSA) is 52.0 Å². The zero-order valence-corrected chi connectivity index (χ0v) is 12.5. The van der Waals surface area contributed by atoms with Gasteiger partial charge in [-0.1, -0.05) is 12.1 Å². The molecule has 0 aromatic carbocycles. The number of aryl methyl sites for hydroxylation is 1. The van der Waals surface area contributed by atoms with Gasteiger partial charge in [-0.05, 0) is 42.2 Å². The summed E-state index contributed by atoms with van der Waals surface area (Å²) in [6.45, 7) is 5.19. The van der Waals surface area contributed by atoms with Gasteiger partial charge in [0.25, 0.3) is 0 Å². The molecule has 1 aromatic heterocycles. The van der Waals surface area contributed by atoms with Crippen molar-refractivity contribution in [3.05, 3.63) is 10.3 Å². The SMILES string of the molecule is CCCNC(CC(C)OC)c1c(Br)nnn1C. The highest BCUT2D eigenvalue weighted by atomic mass is 79.9. The summed E-state index contributed by atoms with van der Waals surface area (Å²) in [5, 5.41) is 11.6. The fraction of sp³-hybridized carbons (Fsp3) is 0.818. The summed E-state index contributed by atoms with van der Waals surface area (Å²) in [5.74, 6) is 0. The monoisotopic (exact) mass is 304 g/mol. The van der Waals surface area contributed by atoms with Gasteiger partial charge < -0.3 is 10.1 Å². The number of hydrogen-bond acceptors (Lipinski definition) is 4. The Balaban J connectivity index is 2.81. The van der Waals surface area contributed by atoms with Crippen LogP contribution in [0.1, 0.15) is 38.4 Å². The molecule has 1 N–H and O–H groups in total. The van der Waals surface area contributed by atoms with Crippen LogP contribution in [0.5, 0.6) is 0 Å². The van der Waals surface area contributed by atoms with Crippen LogP contribution in [-0.2, 0) is 11.8 Å². The molecule has 0 bridgehead atoms. The maximum absolute atomic E-state index is 5.33. The molecule has 0 saturated heterocycles. The molecule has 0 fully saturated rings. The van der Waals surface area contributed by atoms with E-state index >= 15 is 0 Å². The normalized spacial score (nSPS) is 14.9. The van der Waals surface area contributed by atoms with Crippen molar-refractivity contribution in [2.75, 3.05) is 13.7 Å². The lowest BCUT2D eigenvalue weighted by Gasteiger charge is -2.21. The molecule has 2 atom stereocenters. The average Bonchev–Trinajstić information content (AvgIpc) is 2.64. The Labute approximate surface area is 111 Å². The molecular formula is C11H21BrN4O. The van der Waals surface area contributed by atoms with Crippen LogP contribution in [0, 0.1) is 0 Å². The van der Waals surface area contributed by atoms with Crippen molar-refractivity contribution in [2.45, 2.75) is 38.8 Å². The van der Waals surface area contributed by atoms with Crippen LogP contribution < -0.4 is 5.32 Å². The third-order valence-corrected chi connectivity index (χ3v) is 3.33. The van der Waals surface area contributed by atoms with E-state index in [1.165, 1.54) is 0 Å². The zero-order chi connectivity index (χ0) is 12.8. The molecular weight excluding hydrogens is 284 g/mol. The molecule has 98 valence electrons. The fourth-order valence-corrected chi connectivity index (χ4v) is 2.35. The Kier molecular flexibility index (Phi) is 6.08. The summed E-state index contributed by atoms with van der Waals surface area (Å²) in [6, 6.07) is 0.208. The second kappa shape index (κ2) is 7.08. The molecule has 1 rings (SSSR count). The van der Waals surface area contributed by atoms with E-state index in [0.29, 0.717) is 0 Å². The summed E-state index contributed by atoms with van der Waals surface area (Å²) < 4.78 is 7.94. The molecule has 6 heteroatoms. The second-order valence-corrected chi connectivity index (χ2v) is 4.93. The molecule has 0 saturated carbocycles. The van der Waals surface area contributed by atoms with E-state index in [-0.39, 0.29) is 12.1 Å². The molecule has 0 amide bonds. The minimum Gasteiger partial charge on any atom is -0.382 e. The summed E-state index contributed by atoms with van der Waals surface area (Å²) in [4.78, 5) is 0. The van der Waals surface area contributed by atoms with Gasteiger partial charge in [0.05, 0.1) is 17.8 Å². The van der Waals surface area contributed by atoms with Gasteiger partial charge in [-0.15, -0.1) is 5.10 Å². The zero-order valence-electron chi connectivity index (χ0n) is 10.9. The van der Waals surface area contributed by atoms with Crippen LogP contribution >= 0.6 is 15.9 Å². The first kappa shape index (κ1) is 14.6. The third kappa shape index (κ3) is 4.04. The minimum atomic E-state index is 0.200. The largest absolute Gasteiger partial charge is 0.382 e. The van der Waals surface area contributed by atoms with Gasteiger partial charge in [0.2, 0.25) is 0 Å². The first-order chi connectivity index (χ1) is 8.10. The Morgan fingerprint density at radius 2 is 2.24 bits per heavy atom. The van der Waals surface area contributed by atoms with Crippen LogP contribution in [0.2, 0.25) is 0 Å². The van der Waals surface area contributed by atoms with E-state index < -0.39 is 0 Å². The van der Waals surface area contributed by atoms with E-state index in [4.69, 9.17) is 4.74 Å². The second-order valence-electron chi connectivity index (χ2n) is 4.18. The van der Waals surface area contributed by atoms with Gasteiger partial charge in [-0.3, -0.25) is 0 Å². The Hall–Kier alpha value is -0.460. The summed E-state index contributed by atoms with van der Waals surface area (Å²) >= 11 is 3.45. The smallest absolute Gasteiger partial charge is 0.153 e. The van der Waals surface area contributed by atoms with E-state index in [1.54, 1.807) is 11.8 Å². The summed E-state index contributed by atoms with van der Waals surface area (Å²) in [7, 11) is 3.64. The van der Waals surface area contributed by atoms with E-state index in [0.717, 1.165) is 29.7 Å². The molecule has 0 spiro atoms. The number of ether oxygens (including phenoxy) is 1. The van der Waals surface area contributed by atoms with Crippen molar-refractivity contribution in [2.24, 2.45) is 7.05 Å². The molecule has 0 radical (unpaired) electrons. The van der Waals surface area contributed by atoms with Crippen molar-refractivity contribution < 1.29 is 4.74 Å². The average molecular weight is 305 g/mol. The number of nitrogens with one attached hydrogen (secondary N) is 1. The first-order valence-electron chi connectivity index (χ1n) is 5.91. The van der Waals surface area contributed by atoms with E-state index in [9.17, 15) is 0 Å². The van der Waals surface area contributed by atoms with Crippen LogP contribution in [0.4, 0.5) is 0 Å². The lowest BCUT2D eigenvalue weighted by molar-refractivity contribution is 0.0993. The molecule has 0 aliphatic heterocycles. The van der Waals surface area contributed by atoms with Gasteiger partial charge in [-0.25, -0.2) is 4.68 Å². The number of methoxy groups -OCH3 is 1. The minimum absolute atomic E-state index is 0.200. The molecule has 2 unspecified atom stereocenters. The highest BCUT2D eigenvalue weighted by Crippen LogP contribution is 2.24. The van der Waals surface area contributed by atoms with Gasteiger partial charge in [0.15, 0.2) is 4.60 Å². The fourth-order valence-electron chi connectivity index (χ4n) is 1.75. The third-order valence-electron chi connectivity index (χ3n) is 2.77.